The summed E-state index contributed by atoms with van der Waals surface area (Å²) in [4.78, 5) is 34.4. The largest absolute Gasteiger partial charge is 0.496 e. The number of benzene rings is 1. The monoisotopic (exact) mass is 347 g/mol. The molecule has 1 aromatic rings. The van der Waals surface area contributed by atoms with Crippen molar-refractivity contribution in [1.29, 1.82) is 0 Å². The van der Waals surface area contributed by atoms with Gasteiger partial charge in [-0.15, -0.1) is 12.4 Å². The van der Waals surface area contributed by atoms with E-state index in [1.54, 1.807) is 0 Å². The van der Waals surface area contributed by atoms with E-state index in [0.29, 0.717) is 5.75 Å². The number of amides is 1. The molecular formula is C13H18ClN3O6. The highest BCUT2D eigenvalue weighted by Gasteiger charge is 2.21. The van der Waals surface area contributed by atoms with Gasteiger partial charge in [0.15, 0.2) is 0 Å². The molecule has 0 saturated carbocycles. The van der Waals surface area contributed by atoms with Crippen LogP contribution in [0.4, 0.5) is 11.4 Å². The summed E-state index contributed by atoms with van der Waals surface area (Å²) < 4.78 is 4.90. The van der Waals surface area contributed by atoms with Crippen LogP contribution in [-0.2, 0) is 9.59 Å². The highest BCUT2D eigenvalue weighted by Crippen LogP contribution is 2.28. The molecule has 0 aliphatic heterocycles. The maximum absolute atomic E-state index is 11.9. The van der Waals surface area contributed by atoms with E-state index in [0.717, 1.165) is 0 Å². The summed E-state index contributed by atoms with van der Waals surface area (Å²) in [7, 11) is 2.85. The van der Waals surface area contributed by atoms with E-state index in [4.69, 9.17) is 9.84 Å². The normalized spacial score (nSPS) is 11.3. The van der Waals surface area contributed by atoms with Gasteiger partial charge in [0.05, 0.1) is 24.6 Å². The average molecular weight is 348 g/mol. The Balaban J connectivity index is 0.00000484. The number of carbonyl (C=O) groups excluding carboxylic acids is 1. The predicted octanol–water partition coefficient (Wildman–Crippen LogP) is 1.37. The summed E-state index contributed by atoms with van der Waals surface area (Å²) in [5, 5.41) is 22.3. The lowest BCUT2D eigenvalue weighted by molar-refractivity contribution is -0.384. The number of nitro benzene ring substituents is 1. The Bertz CT molecular complexity index is 595. The topological polar surface area (TPSA) is 122 Å². The summed E-state index contributed by atoms with van der Waals surface area (Å²) in [6.07, 6.45) is 0. The zero-order chi connectivity index (χ0) is 16.9. The number of nitro groups is 1. The van der Waals surface area contributed by atoms with Crippen LogP contribution in [0.15, 0.2) is 18.2 Å². The van der Waals surface area contributed by atoms with Gasteiger partial charge in [-0.1, -0.05) is 0 Å². The minimum Gasteiger partial charge on any atom is -0.496 e. The Hall–Kier alpha value is -2.39. The maximum atomic E-state index is 11.9. The van der Waals surface area contributed by atoms with Gasteiger partial charge in [-0.05, 0) is 26.1 Å². The first-order chi connectivity index (χ1) is 10.3. The quantitative estimate of drug-likeness (QED) is 0.564. The van der Waals surface area contributed by atoms with E-state index in [-0.39, 0.29) is 30.3 Å². The van der Waals surface area contributed by atoms with Crippen LogP contribution in [0.1, 0.15) is 6.92 Å². The van der Waals surface area contributed by atoms with Gasteiger partial charge in [0.2, 0.25) is 5.91 Å². The molecule has 23 heavy (non-hydrogen) atoms. The second-order valence-electron chi connectivity index (χ2n) is 4.62. The fourth-order valence-corrected chi connectivity index (χ4v) is 1.64. The third-order valence-electron chi connectivity index (χ3n) is 3.09. The van der Waals surface area contributed by atoms with Crippen LogP contribution >= 0.6 is 12.4 Å². The van der Waals surface area contributed by atoms with Crippen molar-refractivity contribution in [2.75, 3.05) is 26.0 Å². The van der Waals surface area contributed by atoms with Crippen LogP contribution in [0.25, 0.3) is 0 Å². The smallest absolute Gasteiger partial charge is 0.320 e. The third-order valence-corrected chi connectivity index (χ3v) is 3.09. The lowest BCUT2D eigenvalue weighted by atomic mass is 10.2. The Morgan fingerprint density at radius 3 is 2.57 bits per heavy atom. The van der Waals surface area contributed by atoms with Crippen LogP contribution in [0.2, 0.25) is 0 Å². The molecule has 10 heteroatoms. The summed E-state index contributed by atoms with van der Waals surface area (Å²) >= 11 is 0. The van der Waals surface area contributed by atoms with Crippen molar-refractivity contribution in [2.24, 2.45) is 0 Å². The third kappa shape index (κ3) is 5.72. The molecule has 0 heterocycles. The molecule has 9 nitrogen and oxygen atoms in total. The molecule has 0 aliphatic carbocycles. The molecule has 0 bridgehead atoms. The SMILES string of the molecule is COc1ccc(NC(=O)CN(C)C(C)C(=O)O)c([N+](=O)[O-])c1.Cl. The Morgan fingerprint density at radius 1 is 1.48 bits per heavy atom. The molecular weight excluding hydrogens is 330 g/mol. The highest BCUT2D eigenvalue weighted by molar-refractivity contribution is 5.94. The van der Waals surface area contributed by atoms with Crippen LogP contribution in [0.5, 0.6) is 5.75 Å². The van der Waals surface area contributed by atoms with Crippen molar-refractivity contribution in [1.82, 2.24) is 4.90 Å². The van der Waals surface area contributed by atoms with E-state index in [9.17, 15) is 19.7 Å². The Morgan fingerprint density at radius 2 is 2.09 bits per heavy atom. The van der Waals surface area contributed by atoms with Gasteiger partial charge in [0.25, 0.3) is 5.69 Å². The fraction of sp³-hybridized carbons (Fsp3) is 0.385. The van der Waals surface area contributed by atoms with Crippen LogP contribution in [0.3, 0.4) is 0 Å². The molecule has 1 amide bonds. The van der Waals surface area contributed by atoms with Gasteiger partial charge in [-0.25, -0.2) is 0 Å². The molecule has 1 atom stereocenters. The molecule has 0 saturated heterocycles. The first-order valence-electron chi connectivity index (χ1n) is 6.31. The number of nitrogens with one attached hydrogen (secondary N) is 1. The van der Waals surface area contributed by atoms with Crippen molar-refractivity contribution in [3.8, 4) is 5.75 Å². The van der Waals surface area contributed by atoms with Crippen molar-refractivity contribution in [3.63, 3.8) is 0 Å². The minimum absolute atomic E-state index is 0. The number of anilines is 1. The standard InChI is InChI=1S/C13H17N3O6.ClH/c1-8(13(18)19)15(2)7-12(17)14-10-5-4-9(22-3)6-11(10)16(20)21;/h4-6,8H,7H2,1-3H3,(H,14,17)(H,18,19);1H. The van der Waals surface area contributed by atoms with Gasteiger partial charge >= 0.3 is 5.97 Å². The number of hydrogen-bond acceptors (Lipinski definition) is 6. The lowest BCUT2D eigenvalue weighted by Gasteiger charge is -2.20. The van der Waals surface area contributed by atoms with E-state index < -0.39 is 22.8 Å². The van der Waals surface area contributed by atoms with Gasteiger partial charge in [-0.3, -0.25) is 24.6 Å². The van der Waals surface area contributed by atoms with Crippen molar-refractivity contribution in [2.45, 2.75) is 13.0 Å². The number of hydrogen-bond donors (Lipinski definition) is 2. The van der Waals surface area contributed by atoms with Gasteiger partial charge in [0, 0.05) is 0 Å². The van der Waals surface area contributed by atoms with Crippen molar-refractivity contribution < 1.29 is 24.4 Å². The second-order valence-corrected chi connectivity index (χ2v) is 4.62. The predicted molar refractivity (Wildman–Crippen MR) is 85.3 cm³/mol. The number of carboxylic acid groups (broad SMARTS) is 1. The Kier molecular flexibility index (Phi) is 7.98. The Labute approximate surface area is 138 Å². The summed E-state index contributed by atoms with van der Waals surface area (Å²) in [5.41, 5.74) is -0.284. The molecule has 0 aromatic heterocycles. The van der Waals surface area contributed by atoms with Crippen molar-refractivity contribution >= 4 is 35.7 Å². The van der Waals surface area contributed by atoms with E-state index in [1.165, 1.54) is 44.2 Å². The molecule has 1 rings (SSSR count). The number of aliphatic carboxylic acids is 1. The number of nitrogens with zero attached hydrogens (tertiary/aromatic N) is 2. The second kappa shape index (κ2) is 8.91. The van der Waals surface area contributed by atoms with Gasteiger partial charge in [0.1, 0.15) is 17.5 Å². The zero-order valence-corrected chi connectivity index (χ0v) is 13.6. The summed E-state index contributed by atoms with van der Waals surface area (Å²) in [6.45, 7) is 1.22. The van der Waals surface area contributed by atoms with E-state index in [1.807, 2.05) is 0 Å². The minimum atomic E-state index is -1.06. The number of carboxylic acids is 1. The average Bonchev–Trinajstić information content (AvgIpc) is 2.46. The zero-order valence-electron chi connectivity index (χ0n) is 12.8. The van der Waals surface area contributed by atoms with Crippen LogP contribution < -0.4 is 10.1 Å². The van der Waals surface area contributed by atoms with Crippen molar-refractivity contribution in [3.05, 3.63) is 28.3 Å². The molecule has 1 unspecified atom stereocenters. The van der Waals surface area contributed by atoms with E-state index >= 15 is 0 Å². The molecule has 0 fully saturated rings. The van der Waals surface area contributed by atoms with Crippen LogP contribution in [0, 0.1) is 10.1 Å². The van der Waals surface area contributed by atoms with Gasteiger partial charge < -0.3 is 15.2 Å². The molecule has 2 N–H and O–H groups in total. The molecule has 0 aliphatic rings. The molecule has 0 spiro atoms. The molecule has 0 radical (unpaired) electrons. The maximum Gasteiger partial charge on any atom is 0.320 e. The fourth-order valence-electron chi connectivity index (χ4n) is 1.64. The summed E-state index contributed by atoms with van der Waals surface area (Å²) in [6, 6.07) is 3.18. The lowest BCUT2D eigenvalue weighted by Crippen LogP contribution is -2.40. The first kappa shape index (κ1) is 20.6. The highest BCUT2D eigenvalue weighted by atomic mass is 35.5. The number of halogens is 1. The van der Waals surface area contributed by atoms with Gasteiger partial charge in [-0.2, -0.15) is 0 Å². The van der Waals surface area contributed by atoms with Crippen LogP contribution in [-0.4, -0.2) is 53.6 Å². The molecule has 1 aromatic carbocycles. The number of carbonyl (C=O) groups is 2. The summed E-state index contributed by atoms with van der Waals surface area (Å²) in [5.74, 6) is -1.32. The number of methoxy groups -OCH3 is 1. The number of likely N-dealkylation sites (N-methyl/N-ethyl adjacent to an activating group) is 1. The van der Waals surface area contributed by atoms with E-state index in [2.05, 4.69) is 5.32 Å². The number of rotatable bonds is 7. The molecule has 128 valence electrons. The number of ether oxygens (including phenoxy) is 1. The first-order valence-corrected chi connectivity index (χ1v) is 6.31.